The van der Waals surface area contributed by atoms with E-state index in [1.807, 2.05) is 0 Å². The molecule has 0 aliphatic carbocycles. The van der Waals surface area contributed by atoms with Gasteiger partial charge in [-0.1, -0.05) is 12.1 Å². The van der Waals surface area contributed by atoms with Gasteiger partial charge in [0.2, 0.25) is 6.79 Å². The number of ether oxygens (including phenoxy) is 2. The number of fused-ring (bicyclic) bond motifs is 2. The Morgan fingerprint density at radius 3 is 2.15 bits per heavy atom. The van der Waals surface area contributed by atoms with Crippen LogP contribution < -0.4 is 14.4 Å². The molecule has 0 saturated heterocycles. The first-order valence-electron chi connectivity index (χ1n) is 10.3. The zero-order valence-corrected chi connectivity index (χ0v) is 17.5. The van der Waals surface area contributed by atoms with Gasteiger partial charge in [-0.15, -0.1) is 0 Å². The Balaban J connectivity index is 1.39. The van der Waals surface area contributed by atoms with Crippen molar-refractivity contribution < 1.29 is 29.0 Å². The lowest BCUT2D eigenvalue weighted by Crippen LogP contribution is -2.29. The van der Waals surface area contributed by atoms with Gasteiger partial charge in [-0.05, 0) is 60.7 Å². The summed E-state index contributed by atoms with van der Waals surface area (Å²) in [6, 6.07) is 20.1. The lowest BCUT2D eigenvalue weighted by molar-refractivity contribution is 0.0689. The van der Waals surface area contributed by atoms with Gasteiger partial charge in [-0.2, -0.15) is 5.10 Å². The van der Waals surface area contributed by atoms with E-state index < -0.39 is 5.97 Å². The second kappa shape index (κ2) is 7.31. The van der Waals surface area contributed by atoms with E-state index in [0.29, 0.717) is 45.3 Å². The minimum atomic E-state index is -1.16. The molecular formula is C25H15N3O6. The fraction of sp³-hybridized carbons (Fsp3) is 0.0400. The van der Waals surface area contributed by atoms with Crippen LogP contribution in [0.4, 0.5) is 5.69 Å². The van der Waals surface area contributed by atoms with Gasteiger partial charge in [0.1, 0.15) is 0 Å². The third-order valence-electron chi connectivity index (χ3n) is 5.74. The zero-order chi connectivity index (χ0) is 23.4. The number of carboxylic acid groups (broad SMARTS) is 1. The van der Waals surface area contributed by atoms with Crippen molar-refractivity contribution in [1.29, 1.82) is 0 Å². The smallest absolute Gasteiger partial charge is 0.356 e. The van der Waals surface area contributed by atoms with Gasteiger partial charge in [0.15, 0.2) is 17.2 Å². The second-order valence-corrected chi connectivity index (χ2v) is 7.71. The number of anilines is 1. The zero-order valence-electron chi connectivity index (χ0n) is 17.5. The summed E-state index contributed by atoms with van der Waals surface area (Å²) in [6.07, 6.45) is 0. The first kappa shape index (κ1) is 19.7. The number of hydrogen-bond acceptors (Lipinski definition) is 6. The summed E-state index contributed by atoms with van der Waals surface area (Å²) in [7, 11) is 0. The monoisotopic (exact) mass is 453 g/mol. The first-order chi connectivity index (χ1) is 16.5. The third-order valence-corrected chi connectivity index (χ3v) is 5.74. The SMILES string of the molecule is O=C(O)c1cc(-c2ccc3c(c2)OCO3)n(-c2ccc(N3C(=O)c4ccccc4C3=O)cc2)n1. The summed E-state index contributed by atoms with van der Waals surface area (Å²) in [5, 5.41) is 13.7. The predicted octanol–water partition coefficient (Wildman–Crippen LogP) is 3.77. The number of carbonyl (C=O) groups excluding carboxylic acids is 2. The van der Waals surface area contributed by atoms with E-state index in [1.54, 1.807) is 66.7 Å². The molecule has 0 spiro atoms. The van der Waals surface area contributed by atoms with Crippen molar-refractivity contribution in [1.82, 2.24) is 9.78 Å². The number of nitrogens with zero attached hydrogens (tertiary/aromatic N) is 3. The van der Waals surface area contributed by atoms with Crippen molar-refractivity contribution in [3.63, 3.8) is 0 Å². The molecule has 3 aromatic carbocycles. The topological polar surface area (TPSA) is 111 Å². The lowest BCUT2D eigenvalue weighted by atomic mass is 10.1. The van der Waals surface area contributed by atoms with Gasteiger partial charge >= 0.3 is 5.97 Å². The van der Waals surface area contributed by atoms with Crippen molar-refractivity contribution in [2.45, 2.75) is 0 Å². The van der Waals surface area contributed by atoms with Crippen molar-refractivity contribution in [2.75, 3.05) is 11.7 Å². The average Bonchev–Trinajstić information content (AvgIpc) is 3.56. The Labute approximate surface area is 192 Å². The van der Waals surface area contributed by atoms with Crippen LogP contribution in [0.5, 0.6) is 11.5 Å². The van der Waals surface area contributed by atoms with Crippen LogP contribution in [0.1, 0.15) is 31.2 Å². The number of rotatable bonds is 4. The number of aromatic carboxylic acids is 1. The Hall–Kier alpha value is -4.92. The highest BCUT2D eigenvalue weighted by molar-refractivity contribution is 6.34. The third kappa shape index (κ3) is 2.95. The number of benzene rings is 3. The minimum Gasteiger partial charge on any atom is -0.476 e. The van der Waals surface area contributed by atoms with E-state index in [-0.39, 0.29) is 24.3 Å². The predicted molar refractivity (Wildman–Crippen MR) is 120 cm³/mol. The molecule has 0 fully saturated rings. The van der Waals surface area contributed by atoms with Crippen LogP contribution in [0.15, 0.2) is 72.8 Å². The molecule has 4 aromatic rings. The number of hydrogen-bond donors (Lipinski definition) is 1. The van der Waals surface area contributed by atoms with E-state index in [4.69, 9.17) is 9.47 Å². The highest BCUT2D eigenvalue weighted by atomic mass is 16.7. The van der Waals surface area contributed by atoms with Gasteiger partial charge < -0.3 is 14.6 Å². The molecular weight excluding hydrogens is 438 g/mol. The molecule has 9 heteroatoms. The molecule has 166 valence electrons. The van der Waals surface area contributed by atoms with Crippen molar-refractivity contribution in [2.24, 2.45) is 0 Å². The van der Waals surface area contributed by atoms with Crippen LogP contribution in [0.25, 0.3) is 16.9 Å². The molecule has 1 aromatic heterocycles. The largest absolute Gasteiger partial charge is 0.476 e. The van der Waals surface area contributed by atoms with Gasteiger partial charge in [0.25, 0.3) is 11.8 Å². The summed E-state index contributed by atoms with van der Waals surface area (Å²) in [5.41, 5.74) is 2.78. The van der Waals surface area contributed by atoms with Crippen molar-refractivity contribution >= 4 is 23.5 Å². The van der Waals surface area contributed by atoms with Crippen molar-refractivity contribution in [3.05, 3.63) is 89.6 Å². The Morgan fingerprint density at radius 1 is 0.824 bits per heavy atom. The summed E-state index contributed by atoms with van der Waals surface area (Å²) in [4.78, 5) is 38.3. The van der Waals surface area contributed by atoms with Crippen molar-refractivity contribution in [3.8, 4) is 28.4 Å². The summed E-state index contributed by atoms with van der Waals surface area (Å²) in [5.74, 6) is -0.770. The van der Waals surface area contributed by atoms with Crippen LogP contribution in [-0.4, -0.2) is 39.5 Å². The number of amides is 2. The minimum absolute atomic E-state index is 0.123. The van der Waals surface area contributed by atoms with Crippen LogP contribution in [0.2, 0.25) is 0 Å². The molecule has 2 aliphatic heterocycles. The van der Waals surface area contributed by atoms with Gasteiger partial charge in [-0.25, -0.2) is 14.4 Å². The van der Waals surface area contributed by atoms with E-state index in [9.17, 15) is 19.5 Å². The molecule has 3 heterocycles. The van der Waals surface area contributed by atoms with Crippen LogP contribution in [-0.2, 0) is 0 Å². The molecule has 0 bridgehead atoms. The summed E-state index contributed by atoms with van der Waals surface area (Å²) >= 11 is 0. The van der Waals surface area contributed by atoms with E-state index >= 15 is 0 Å². The van der Waals surface area contributed by atoms with E-state index in [2.05, 4.69) is 5.10 Å². The Bertz CT molecular complexity index is 1470. The van der Waals surface area contributed by atoms with E-state index in [1.165, 1.54) is 10.7 Å². The van der Waals surface area contributed by atoms with Gasteiger partial charge in [-0.3, -0.25) is 9.59 Å². The average molecular weight is 453 g/mol. The first-order valence-corrected chi connectivity index (χ1v) is 10.3. The molecule has 0 atom stereocenters. The van der Waals surface area contributed by atoms with Crippen LogP contribution in [0, 0.1) is 0 Å². The normalized spacial score (nSPS) is 13.9. The fourth-order valence-electron chi connectivity index (χ4n) is 4.11. The standard InChI is InChI=1S/C25H15N3O6/c29-23-17-3-1-2-4-18(17)24(30)27(23)15-6-8-16(9-7-15)28-20(12-19(26-28)25(31)32)14-5-10-21-22(11-14)34-13-33-21/h1-12H,13H2,(H,31,32). The number of aromatic nitrogens is 2. The molecule has 0 unspecified atom stereocenters. The van der Waals surface area contributed by atoms with E-state index in [0.717, 1.165) is 4.90 Å². The number of carbonyl (C=O) groups is 3. The quantitative estimate of drug-likeness (QED) is 0.468. The lowest BCUT2D eigenvalue weighted by Gasteiger charge is -2.15. The second-order valence-electron chi connectivity index (χ2n) is 7.71. The van der Waals surface area contributed by atoms with Crippen LogP contribution >= 0.6 is 0 Å². The molecule has 2 aliphatic rings. The highest BCUT2D eigenvalue weighted by Crippen LogP contribution is 2.37. The maximum absolute atomic E-state index is 12.8. The highest BCUT2D eigenvalue weighted by Gasteiger charge is 2.36. The van der Waals surface area contributed by atoms with Crippen LogP contribution in [0.3, 0.4) is 0 Å². The number of carboxylic acids is 1. The maximum atomic E-state index is 12.8. The molecule has 0 radical (unpaired) electrons. The Morgan fingerprint density at radius 2 is 1.47 bits per heavy atom. The number of imide groups is 1. The maximum Gasteiger partial charge on any atom is 0.356 e. The molecule has 0 saturated carbocycles. The molecule has 9 nitrogen and oxygen atoms in total. The van der Waals surface area contributed by atoms with Gasteiger partial charge in [0.05, 0.1) is 28.2 Å². The Kier molecular flexibility index (Phi) is 4.24. The summed E-state index contributed by atoms with van der Waals surface area (Å²) in [6.45, 7) is 0.123. The molecule has 2 amide bonds. The molecule has 6 rings (SSSR count). The summed E-state index contributed by atoms with van der Waals surface area (Å²) < 4.78 is 12.3. The molecule has 1 N–H and O–H groups in total. The molecule has 34 heavy (non-hydrogen) atoms. The van der Waals surface area contributed by atoms with Gasteiger partial charge in [0, 0.05) is 5.56 Å². The fourth-order valence-corrected chi connectivity index (χ4v) is 4.11.